The third kappa shape index (κ3) is 8.80. The van der Waals surface area contributed by atoms with Gasteiger partial charge in [0.15, 0.2) is 0 Å². The third-order valence-corrected chi connectivity index (χ3v) is 6.47. The second-order valence-electron chi connectivity index (χ2n) is 9.66. The molecule has 0 spiro atoms. The Kier molecular flexibility index (Phi) is 10.4. The molecule has 1 heterocycles. The monoisotopic (exact) mass is 567 g/mol. The molecule has 2 aromatic carbocycles. The largest absolute Gasteiger partial charge is 0.508 e. The van der Waals surface area contributed by atoms with Crippen molar-refractivity contribution < 1.29 is 39.3 Å². The number of amides is 3. The number of rotatable bonds is 14. The molecule has 0 aliphatic heterocycles. The van der Waals surface area contributed by atoms with E-state index in [9.17, 15) is 34.2 Å². The van der Waals surface area contributed by atoms with Gasteiger partial charge in [-0.25, -0.2) is 4.79 Å². The van der Waals surface area contributed by atoms with Gasteiger partial charge in [-0.05, 0) is 49.1 Å². The van der Waals surface area contributed by atoms with Gasteiger partial charge in [0.2, 0.25) is 17.7 Å². The van der Waals surface area contributed by atoms with E-state index in [0.717, 1.165) is 16.5 Å². The Balaban J connectivity index is 1.62. The number of hydrogen-bond acceptors (Lipinski definition) is 7. The zero-order valence-electron chi connectivity index (χ0n) is 22.3. The summed E-state index contributed by atoms with van der Waals surface area (Å²) >= 11 is 0. The van der Waals surface area contributed by atoms with Gasteiger partial charge in [-0.3, -0.25) is 19.2 Å². The van der Waals surface area contributed by atoms with Crippen molar-refractivity contribution >= 4 is 40.6 Å². The molecule has 0 bridgehead atoms. The molecule has 0 saturated heterocycles. The molecule has 3 aromatic rings. The predicted octanol–water partition coefficient (Wildman–Crippen LogP) is 0.410. The number of aromatic hydroxyl groups is 1. The number of aromatic nitrogens is 1. The number of carbonyl (C=O) groups is 5. The van der Waals surface area contributed by atoms with Gasteiger partial charge in [-0.1, -0.05) is 30.3 Å². The number of nitrogens with one attached hydrogen (secondary N) is 4. The average Bonchev–Trinajstić information content (AvgIpc) is 3.33. The van der Waals surface area contributed by atoms with Crippen LogP contribution in [-0.4, -0.2) is 74.1 Å². The first-order chi connectivity index (χ1) is 19.4. The van der Waals surface area contributed by atoms with Crippen LogP contribution in [0, 0.1) is 0 Å². The summed E-state index contributed by atoms with van der Waals surface area (Å²) in [7, 11) is 0. The highest BCUT2D eigenvalue weighted by molar-refractivity contribution is 5.94. The van der Waals surface area contributed by atoms with E-state index >= 15 is 0 Å². The predicted molar refractivity (Wildman–Crippen MR) is 148 cm³/mol. The quantitative estimate of drug-likeness (QED) is 0.135. The maximum Gasteiger partial charge on any atom is 0.326 e. The Labute approximate surface area is 235 Å². The van der Waals surface area contributed by atoms with Gasteiger partial charge in [0, 0.05) is 29.9 Å². The molecule has 1 aromatic heterocycles. The lowest BCUT2D eigenvalue weighted by molar-refractivity contribution is -0.142. The first kappa shape index (κ1) is 30.6. The molecule has 4 atom stereocenters. The fourth-order valence-electron chi connectivity index (χ4n) is 4.19. The number of aliphatic carboxylic acids is 2. The number of aromatic amines is 1. The lowest BCUT2D eigenvalue weighted by Crippen LogP contribution is -2.56. The van der Waals surface area contributed by atoms with Crippen molar-refractivity contribution in [1.29, 1.82) is 0 Å². The van der Waals surface area contributed by atoms with Crippen LogP contribution in [0.15, 0.2) is 54.7 Å². The first-order valence-electron chi connectivity index (χ1n) is 12.9. The Morgan fingerprint density at radius 2 is 1.51 bits per heavy atom. The third-order valence-electron chi connectivity index (χ3n) is 6.47. The molecule has 41 heavy (non-hydrogen) atoms. The molecule has 0 saturated carbocycles. The molecular weight excluding hydrogens is 534 g/mol. The van der Waals surface area contributed by atoms with Crippen molar-refractivity contribution in [2.45, 2.75) is 56.8 Å². The lowest BCUT2D eigenvalue weighted by Gasteiger charge is -2.23. The number of carboxylic acids is 2. The molecule has 0 fully saturated rings. The Morgan fingerprint density at radius 3 is 2.17 bits per heavy atom. The summed E-state index contributed by atoms with van der Waals surface area (Å²) in [5.74, 6) is -4.80. The van der Waals surface area contributed by atoms with Crippen LogP contribution in [0.2, 0.25) is 0 Å². The Bertz CT molecular complexity index is 1400. The average molecular weight is 568 g/mol. The van der Waals surface area contributed by atoms with Crippen molar-refractivity contribution in [3.63, 3.8) is 0 Å². The molecule has 218 valence electrons. The smallest absolute Gasteiger partial charge is 0.326 e. The van der Waals surface area contributed by atoms with Crippen molar-refractivity contribution in [3.8, 4) is 5.75 Å². The van der Waals surface area contributed by atoms with Crippen molar-refractivity contribution in [3.05, 3.63) is 65.9 Å². The summed E-state index contributed by atoms with van der Waals surface area (Å²) in [6.45, 7) is 1.32. The van der Waals surface area contributed by atoms with E-state index in [-0.39, 0.29) is 25.0 Å². The van der Waals surface area contributed by atoms with E-state index in [0.29, 0.717) is 5.56 Å². The fraction of sp³-hybridized carbons (Fsp3) is 0.321. The van der Waals surface area contributed by atoms with E-state index in [2.05, 4.69) is 20.9 Å². The summed E-state index contributed by atoms with van der Waals surface area (Å²) in [4.78, 5) is 64.5. The number of hydrogen-bond donors (Lipinski definition) is 8. The number of phenolic OH excluding ortho intramolecular Hbond substituents is 1. The number of carbonyl (C=O) groups excluding carboxylic acids is 3. The lowest BCUT2D eigenvalue weighted by atomic mass is 10.0. The normalized spacial score (nSPS) is 13.9. The van der Waals surface area contributed by atoms with Crippen LogP contribution >= 0.6 is 0 Å². The molecular formula is C28H33N5O8. The number of H-pyrrole nitrogens is 1. The van der Waals surface area contributed by atoms with E-state index in [1.165, 1.54) is 31.2 Å². The molecule has 3 rings (SSSR count). The van der Waals surface area contributed by atoms with Crippen LogP contribution in [-0.2, 0) is 36.8 Å². The van der Waals surface area contributed by atoms with Crippen LogP contribution < -0.4 is 21.7 Å². The van der Waals surface area contributed by atoms with E-state index in [4.69, 9.17) is 10.8 Å². The second kappa shape index (κ2) is 13.9. The molecule has 0 radical (unpaired) electrons. The second-order valence-corrected chi connectivity index (χ2v) is 9.66. The van der Waals surface area contributed by atoms with Gasteiger partial charge < -0.3 is 42.0 Å². The minimum atomic E-state index is -1.32. The van der Waals surface area contributed by atoms with Gasteiger partial charge in [0.05, 0.1) is 6.04 Å². The van der Waals surface area contributed by atoms with Gasteiger partial charge >= 0.3 is 11.9 Å². The molecule has 9 N–H and O–H groups in total. The number of nitrogens with two attached hydrogens (primary N) is 1. The minimum absolute atomic E-state index is 0.00413. The van der Waals surface area contributed by atoms with E-state index in [1.807, 2.05) is 24.3 Å². The number of para-hydroxylation sites is 1. The summed E-state index contributed by atoms with van der Waals surface area (Å²) in [6, 6.07) is 8.37. The number of benzene rings is 2. The van der Waals surface area contributed by atoms with Gasteiger partial charge in [-0.2, -0.15) is 0 Å². The summed E-state index contributed by atoms with van der Waals surface area (Å²) in [5.41, 5.74) is 8.31. The molecule has 4 unspecified atom stereocenters. The Hall–Kier alpha value is -4.91. The highest BCUT2D eigenvalue weighted by atomic mass is 16.4. The van der Waals surface area contributed by atoms with E-state index < -0.39 is 60.2 Å². The number of phenols is 1. The summed E-state index contributed by atoms with van der Waals surface area (Å²) < 4.78 is 0. The highest BCUT2D eigenvalue weighted by Crippen LogP contribution is 2.19. The highest BCUT2D eigenvalue weighted by Gasteiger charge is 2.29. The van der Waals surface area contributed by atoms with Crippen LogP contribution in [0.4, 0.5) is 0 Å². The first-order valence-corrected chi connectivity index (χ1v) is 12.9. The molecule has 0 aliphatic rings. The topological polar surface area (TPSA) is 224 Å². The van der Waals surface area contributed by atoms with Crippen LogP contribution in [0.1, 0.15) is 30.9 Å². The molecule has 13 heteroatoms. The molecule has 0 aliphatic carbocycles. The van der Waals surface area contributed by atoms with Crippen LogP contribution in [0.25, 0.3) is 10.9 Å². The SMILES string of the molecule is CC(NC(=O)C(CCC(=O)O)NC(=O)C(N)Cc1c[nH]c2ccccc12)C(=O)NC(Cc1ccc(O)cc1)C(=O)O. The molecule has 3 amide bonds. The summed E-state index contributed by atoms with van der Waals surface area (Å²) in [6.07, 6.45) is 1.11. The summed E-state index contributed by atoms with van der Waals surface area (Å²) in [5, 5.41) is 36.2. The number of carboxylic acid groups (broad SMARTS) is 2. The zero-order valence-corrected chi connectivity index (χ0v) is 22.3. The standard InChI is InChI=1S/C28H33N5O8/c1-15(25(37)33-23(28(40)41)12-16-6-8-18(34)9-7-16)31-27(39)22(10-11-24(35)36)32-26(38)20(29)13-17-14-30-21-5-3-2-4-19(17)21/h2-9,14-15,20,22-23,30,34H,10-13,29H2,1H3,(H,31,39)(H,32,38)(H,33,37)(H,35,36)(H,40,41). The van der Waals surface area contributed by atoms with E-state index in [1.54, 1.807) is 6.20 Å². The van der Waals surface area contributed by atoms with Crippen LogP contribution in [0.3, 0.4) is 0 Å². The van der Waals surface area contributed by atoms with Gasteiger partial charge in [0.25, 0.3) is 0 Å². The maximum absolute atomic E-state index is 13.0. The minimum Gasteiger partial charge on any atom is -0.508 e. The van der Waals surface area contributed by atoms with Gasteiger partial charge in [-0.15, -0.1) is 0 Å². The van der Waals surface area contributed by atoms with Crippen molar-refractivity contribution in [2.75, 3.05) is 0 Å². The number of fused-ring (bicyclic) bond motifs is 1. The fourth-order valence-corrected chi connectivity index (χ4v) is 4.19. The van der Waals surface area contributed by atoms with Crippen LogP contribution in [0.5, 0.6) is 5.75 Å². The maximum atomic E-state index is 13.0. The Morgan fingerprint density at radius 1 is 0.854 bits per heavy atom. The molecule has 13 nitrogen and oxygen atoms in total. The van der Waals surface area contributed by atoms with Crippen molar-refractivity contribution in [2.24, 2.45) is 5.73 Å². The zero-order chi connectivity index (χ0) is 30.1. The van der Waals surface area contributed by atoms with Gasteiger partial charge in [0.1, 0.15) is 23.9 Å². The van der Waals surface area contributed by atoms with Crippen molar-refractivity contribution in [1.82, 2.24) is 20.9 Å².